The van der Waals surface area contributed by atoms with Crippen molar-refractivity contribution < 1.29 is 13.2 Å². The third kappa shape index (κ3) is 4.51. The largest absolute Gasteiger partial charge is 0.316 e. The molecule has 1 N–H and O–H groups in total. The second-order valence-electron chi connectivity index (χ2n) is 6.94. The topological polar surface area (TPSA) is 90.3 Å². The van der Waals surface area contributed by atoms with Gasteiger partial charge in [-0.15, -0.1) is 23.1 Å². The summed E-state index contributed by atoms with van der Waals surface area (Å²) in [7, 11) is -3.56. The van der Waals surface area contributed by atoms with Crippen LogP contribution in [0.25, 0.3) is 0 Å². The number of piperidine rings is 1. The van der Waals surface area contributed by atoms with Gasteiger partial charge in [0, 0.05) is 28.8 Å². The summed E-state index contributed by atoms with van der Waals surface area (Å²) < 4.78 is 27.2. The molecule has 0 atom stereocenters. The van der Waals surface area contributed by atoms with Gasteiger partial charge >= 0.3 is 0 Å². The van der Waals surface area contributed by atoms with Crippen LogP contribution in [0.15, 0.2) is 34.1 Å². The van der Waals surface area contributed by atoms with E-state index in [4.69, 9.17) is 0 Å². The number of nitriles is 1. The molecule has 2 aromatic rings. The van der Waals surface area contributed by atoms with Crippen molar-refractivity contribution in [3.05, 3.63) is 40.3 Å². The minimum Gasteiger partial charge on any atom is -0.316 e. The molecule has 0 saturated carbocycles. The molecule has 1 amide bonds. The number of anilines is 1. The van der Waals surface area contributed by atoms with E-state index in [0.717, 1.165) is 15.3 Å². The standard InChI is InChI=1S/C20H23N3O3S3/c1-13-14(2)28-20(18(13)12-21)22-19(24)15-8-10-23(11-9-15)29(25,26)17-6-4-16(27-3)5-7-17/h4-7,15H,8-11H2,1-3H3,(H,22,24). The summed E-state index contributed by atoms with van der Waals surface area (Å²) in [5, 5.41) is 12.8. The van der Waals surface area contributed by atoms with Gasteiger partial charge in [0.05, 0.1) is 10.5 Å². The minimum atomic E-state index is -3.56. The molecule has 1 fully saturated rings. The molecular weight excluding hydrogens is 426 g/mol. The van der Waals surface area contributed by atoms with Crippen LogP contribution in [-0.4, -0.2) is 38.0 Å². The van der Waals surface area contributed by atoms with E-state index in [1.807, 2.05) is 20.1 Å². The molecule has 0 spiro atoms. The maximum absolute atomic E-state index is 12.9. The van der Waals surface area contributed by atoms with Crippen molar-refractivity contribution in [1.29, 1.82) is 5.26 Å². The number of aryl methyl sites for hydroxylation is 1. The second kappa shape index (κ2) is 8.88. The summed E-state index contributed by atoms with van der Waals surface area (Å²) in [5.41, 5.74) is 1.40. The fourth-order valence-corrected chi connectivity index (χ4v) is 6.21. The van der Waals surface area contributed by atoms with Gasteiger partial charge in [0.15, 0.2) is 0 Å². The summed E-state index contributed by atoms with van der Waals surface area (Å²) in [6, 6.07) is 9.01. The van der Waals surface area contributed by atoms with Gasteiger partial charge in [-0.25, -0.2) is 8.42 Å². The molecule has 9 heteroatoms. The van der Waals surface area contributed by atoms with Crippen LogP contribution in [-0.2, 0) is 14.8 Å². The Balaban J connectivity index is 1.64. The molecule has 1 saturated heterocycles. The number of benzene rings is 1. The SMILES string of the molecule is CSc1ccc(S(=O)(=O)N2CCC(C(=O)Nc3sc(C)c(C)c3C#N)CC2)cc1. The number of carbonyl (C=O) groups is 1. The van der Waals surface area contributed by atoms with Crippen LogP contribution in [0, 0.1) is 31.1 Å². The average molecular weight is 450 g/mol. The highest BCUT2D eigenvalue weighted by atomic mass is 32.2. The van der Waals surface area contributed by atoms with E-state index < -0.39 is 10.0 Å². The first-order valence-corrected chi connectivity index (χ1v) is 12.7. The predicted octanol–water partition coefficient (Wildman–Crippen LogP) is 4.00. The van der Waals surface area contributed by atoms with Gasteiger partial charge in [-0.05, 0) is 62.8 Å². The molecule has 0 radical (unpaired) electrons. The highest BCUT2D eigenvalue weighted by Gasteiger charge is 2.32. The number of carbonyl (C=O) groups excluding carboxylic acids is 1. The number of hydrogen-bond acceptors (Lipinski definition) is 6. The number of thioether (sulfide) groups is 1. The van der Waals surface area contributed by atoms with Crippen molar-refractivity contribution in [2.45, 2.75) is 36.5 Å². The van der Waals surface area contributed by atoms with Crippen molar-refractivity contribution in [1.82, 2.24) is 4.31 Å². The molecule has 3 rings (SSSR count). The molecule has 0 unspecified atom stereocenters. The van der Waals surface area contributed by atoms with E-state index in [9.17, 15) is 18.5 Å². The first-order chi connectivity index (χ1) is 13.8. The third-order valence-corrected chi connectivity index (χ3v) is 9.03. The zero-order chi connectivity index (χ0) is 21.2. The van der Waals surface area contributed by atoms with E-state index in [0.29, 0.717) is 36.5 Å². The molecule has 154 valence electrons. The fraction of sp³-hybridized carbons (Fsp3) is 0.400. The van der Waals surface area contributed by atoms with Crippen molar-refractivity contribution in [2.24, 2.45) is 5.92 Å². The molecule has 1 aromatic heterocycles. The molecule has 29 heavy (non-hydrogen) atoms. The number of nitrogens with one attached hydrogen (secondary N) is 1. The summed E-state index contributed by atoms with van der Waals surface area (Å²) in [6.45, 7) is 4.40. The molecular formula is C20H23N3O3S3. The Bertz CT molecular complexity index is 1050. The molecule has 1 aliphatic heterocycles. The van der Waals surface area contributed by atoms with Crippen LogP contribution in [0.4, 0.5) is 5.00 Å². The van der Waals surface area contributed by atoms with Crippen LogP contribution < -0.4 is 5.32 Å². The monoisotopic (exact) mass is 449 g/mol. The number of hydrogen-bond donors (Lipinski definition) is 1. The average Bonchev–Trinajstić information content (AvgIpc) is 3.00. The van der Waals surface area contributed by atoms with Gasteiger partial charge in [0.25, 0.3) is 0 Å². The first kappa shape index (κ1) is 21.8. The number of thiophene rings is 1. The first-order valence-electron chi connectivity index (χ1n) is 9.23. The van der Waals surface area contributed by atoms with Crippen molar-refractivity contribution in [3.63, 3.8) is 0 Å². The predicted molar refractivity (Wildman–Crippen MR) is 117 cm³/mol. The van der Waals surface area contributed by atoms with Crippen LogP contribution in [0.3, 0.4) is 0 Å². The van der Waals surface area contributed by atoms with E-state index in [2.05, 4.69) is 11.4 Å². The van der Waals surface area contributed by atoms with Gasteiger partial charge in [0.1, 0.15) is 11.1 Å². The van der Waals surface area contributed by atoms with Crippen molar-refractivity contribution >= 4 is 44.0 Å². The van der Waals surface area contributed by atoms with Gasteiger partial charge in [-0.1, -0.05) is 0 Å². The van der Waals surface area contributed by atoms with Crippen LogP contribution in [0.1, 0.15) is 28.8 Å². The number of rotatable bonds is 5. The van der Waals surface area contributed by atoms with E-state index >= 15 is 0 Å². The Kier molecular flexibility index (Phi) is 6.69. The Morgan fingerprint density at radius 1 is 1.24 bits per heavy atom. The molecule has 0 bridgehead atoms. The van der Waals surface area contributed by atoms with Crippen LogP contribution in [0.5, 0.6) is 0 Å². The maximum atomic E-state index is 12.9. The van der Waals surface area contributed by atoms with Crippen molar-refractivity contribution in [2.75, 3.05) is 24.7 Å². The maximum Gasteiger partial charge on any atom is 0.243 e. The molecule has 2 heterocycles. The van der Waals surface area contributed by atoms with E-state index in [1.165, 1.54) is 15.6 Å². The fourth-order valence-electron chi connectivity index (χ4n) is 3.32. The van der Waals surface area contributed by atoms with Gasteiger partial charge in [-0.3, -0.25) is 4.79 Å². The number of amides is 1. The minimum absolute atomic E-state index is 0.149. The smallest absolute Gasteiger partial charge is 0.243 e. The zero-order valence-corrected chi connectivity index (χ0v) is 19.0. The van der Waals surface area contributed by atoms with Gasteiger partial charge < -0.3 is 5.32 Å². The van der Waals surface area contributed by atoms with Gasteiger partial charge in [-0.2, -0.15) is 9.57 Å². The highest BCUT2D eigenvalue weighted by Crippen LogP contribution is 2.33. The normalized spacial score (nSPS) is 15.8. The zero-order valence-electron chi connectivity index (χ0n) is 16.6. The second-order valence-corrected chi connectivity index (χ2v) is 11.0. The lowest BCUT2D eigenvalue weighted by molar-refractivity contribution is -0.120. The Morgan fingerprint density at radius 3 is 2.41 bits per heavy atom. The van der Waals surface area contributed by atoms with Crippen LogP contribution in [0.2, 0.25) is 0 Å². The summed E-state index contributed by atoms with van der Waals surface area (Å²) >= 11 is 2.96. The summed E-state index contributed by atoms with van der Waals surface area (Å²) in [6.07, 6.45) is 2.86. The lowest BCUT2D eigenvalue weighted by Crippen LogP contribution is -2.41. The molecule has 1 aromatic carbocycles. The Hall–Kier alpha value is -1.86. The number of sulfonamides is 1. The molecule has 1 aliphatic rings. The highest BCUT2D eigenvalue weighted by molar-refractivity contribution is 7.98. The third-order valence-electron chi connectivity index (χ3n) is 5.26. The van der Waals surface area contributed by atoms with E-state index in [1.54, 1.807) is 36.0 Å². The molecule has 0 aliphatic carbocycles. The lowest BCUT2D eigenvalue weighted by atomic mass is 9.97. The van der Waals surface area contributed by atoms with Crippen molar-refractivity contribution in [3.8, 4) is 6.07 Å². The van der Waals surface area contributed by atoms with E-state index in [-0.39, 0.29) is 16.7 Å². The summed E-state index contributed by atoms with van der Waals surface area (Å²) in [4.78, 5) is 15.0. The Labute approximate surface area is 180 Å². The van der Waals surface area contributed by atoms with Gasteiger partial charge in [0.2, 0.25) is 15.9 Å². The lowest BCUT2D eigenvalue weighted by Gasteiger charge is -2.30. The number of nitrogens with zero attached hydrogens (tertiary/aromatic N) is 2. The van der Waals surface area contributed by atoms with Crippen LogP contribution >= 0.6 is 23.1 Å². The summed E-state index contributed by atoms with van der Waals surface area (Å²) in [5.74, 6) is -0.418. The Morgan fingerprint density at radius 2 is 1.86 bits per heavy atom. The molecule has 6 nitrogen and oxygen atoms in total. The quantitative estimate of drug-likeness (QED) is 0.697.